The molecule has 0 unspecified atom stereocenters. The summed E-state index contributed by atoms with van der Waals surface area (Å²) in [5.74, 6) is 1.01. The average molecular weight is 354 g/mol. The van der Waals surface area contributed by atoms with Crippen LogP contribution in [0, 0.1) is 6.92 Å². The first kappa shape index (κ1) is 17.4. The van der Waals surface area contributed by atoms with Crippen molar-refractivity contribution in [3.05, 3.63) is 52.5 Å². The van der Waals surface area contributed by atoms with Gasteiger partial charge in [-0.05, 0) is 36.2 Å². The third kappa shape index (κ3) is 4.78. The highest BCUT2D eigenvalue weighted by atomic mass is 35.5. The Morgan fingerprint density at radius 2 is 1.87 bits per heavy atom. The lowest BCUT2D eigenvalue weighted by Crippen LogP contribution is -2.14. The summed E-state index contributed by atoms with van der Waals surface area (Å²) in [6, 6.07) is 11.1. The molecule has 0 radical (unpaired) electrons. The fraction of sp³-hybridized carbons (Fsp3) is 0.235. The minimum Gasteiger partial charge on any atom is -0.497 e. The summed E-state index contributed by atoms with van der Waals surface area (Å²) in [5, 5.41) is 3.08. The second kappa shape index (κ2) is 8.09. The molecule has 0 aliphatic carbocycles. The van der Waals surface area contributed by atoms with Crippen molar-refractivity contribution in [2.45, 2.75) is 13.5 Å². The van der Waals surface area contributed by atoms with E-state index in [9.17, 15) is 4.79 Å². The predicted molar refractivity (Wildman–Crippen MR) is 92.9 cm³/mol. The molecule has 0 bridgehead atoms. The normalized spacial score (nSPS) is 10.3. The Morgan fingerprint density at radius 3 is 2.43 bits per heavy atom. The van der Waals surface area contributed by atoms with Gasteiger partial charge in [-0.25, -0.2) is 0 Å². The molecule has 0 spiro atoms. The molecule has 1 N–H and O–H groups in total. The molecule has 0 saturated carbocycles. The maximum atomic E-state index is 11.4. The molecular formula is C17H17Cl2NO3. The first-order chi connectivity index (χ1) is 11.0. The average Bonchev–Trinajstić information content (AvgIpc) is 2.56. The summed E-state index contributed by atoms with van der Waals surface area (Å²) >= 11 is 11.7. The Kier molecular flexibility index (Phi) is 6.13. The van der Waals surface area contributed by atoms with E-state index in [-0.39, 0.29) is 11.8 Å². The minimum absolute atomic E-state index is 0.120. The van der Waals surface area contributed by atoms with Gasteiger partial charge in [0.05, 0.1) is 17.8 Å². The lowest BCUT2D eigenvalue weighted by molar-refractivity contribution is -0.113. The Hall–Kier alpha value is -1.91. The van der Waals surface area contributed by atoms with E-state index in [0.29, 0.717) is 23.1 Å². The van der Waals surface area contributed by atoms with Crippen LogP contribution in [0.25, 0.3) is 0 Å². The molecule has 0 aliphatic rings. The van der Waals surface area contributed by atoms with E-state index in [4.69, 9.17) is 32.7 Å². The maximum absolute atomic E-state index is 11.4. The summed E-state index contributed by atoms with van der Waals surface area (Å²) in [4.78, 5) is 11.4. The number of rotatable bonds is 6. The molecule has 0 saturated heterocycles. The van der Waals surface area contributed by atoms with Gasteiger partial charge in [-0.15, -0.1) is 11.6 Å². The molecule has 2 aromatic rings. The van der Waals surface area contributed by atoms with Gasteiger partial charge in [-0.3, -0.25) is 4.79 Å². The molecule has 23 heavy (non-hydrogen) atoms. The SMILES string of the molecule is COc1ccc(COc2cc(C)c(NC(=O)CCl)c(Cl)c2)cc1. The van der Waals surface area contributed by atoms with Crippen molar-refractivity contribution in [1.82, 2.24) is 0 Å². The predicted octanol–water partition coefficient (Wildman–Crippen LogP) is 4.41. The van der Waals surface area contributed by atoms with Gasteiger partial charge in [0.2, 0.25) is 5.91 Å². The van der Waals surface area contributed by atoms with Crippen molar-refractivity contribution < 1.29 is 14.3 Å². The summed E-state index contributed by atoms with van der Waals surface area (Å²) in [6.45, 7) is 2.25. The number of hydrogen-bond donors (Lipinski definition) is 1. The summed E-state index contributed by atoms with van der Waals surface area (Å²) in [7, 11) is 1.63. The molecule has 0 fully saturated rings. The number of benzene rings is 2. The van der Waals surface area contributed by atoms with E-state index in [0.717, 1.165) is 16.9 Å². The Morgan fingerprint density at radius 1 is 1.17 bits per heavy atom. The smallest absolute Gasteiger partial charge is 0.239 e. The number of nitrogens with one attached hydrogen (secondary N) is 1. The molecule has 1 amide bonds. The Bertz CT molecular complexity index is 664. The molecule has 2 aromatic carbocycles. The Balaban J connectivity index is 2.07. The molecule has 122 valence electrons. The monoisotopic (exact) mass is 353 g/mol. The van der Waals surface area contributed by atoms with Gasteiger partial charge in [0.1, 0.15) is 24.0 Å². The first-order valence-electron chi connectivity index (χ1n) is 6.95. The lowest BCUT2D eigenvalue weighted by Gasteiger charge is -2.13. The number of carbonyl (C=O) groups is 1. The topological polar surface area (TPSA) is 47.6 Å². The third-order valence-electron chi connectivity index (χ3n) is 3.21. The van der Waals surface area contributed by atoms with Crippen molar-refractivity contribution in [3.63, 3.8) is 0 Å². The highest BCUT2D eigenvalue weighted by Gasteiger charge is 2.10. The van der Waals surface area contributed by atoms with Gasteiger partial charge < -0.3 is 14.8 Å². The van der Waals surface area contributed by atoms with Gasteiger partial charge >= 0.3 is 0 Å². The number of hydrogen-bond acceptors (Lipinski definition) is 3. The minimum atomic E-state index is -0.302. The fourth-order valence-electron chi connectivity index (χ4n) is 2.02. The van der Waals surface area contributed by atoms with E-state index in [2.05, 4.69) is 5.32 Å². The molecule has 2 rings (SSSR count). The van der Waals surface area contributed by atoms with Crippen molar-refractivity contribution in [1.29, 1.82) is 0 Å². The van der Waals surface area contributed by atoms with Gasteiger partial charge in [0.15, 0.2) is 0 Å². The van der Waals surface area contributed by atoms with Crippen molar-refractivity contribution in [3.8, 4) is 11.5 Å². The molecular weight excluding hydrogens is 337 g/mol. The highest BCUT2D eigenvalue weighted by Crippen LogP contribution is 2.31. The van der Waals surface area contributed by atoms with Crippen LogP contribution in [-0.4, -0.2) is 18.9 Å². The zero-order chi connectivity index (χ0) is 16.8. The first-order valence-corrected chi connectivity index (χ1v) is 7.86. The van der Waals surface area contributed by atoms with Crippen LogP contribution in [0.15, 0.2) is 36.4 Å². The van der Waals surface area contributed by atoms with E-state index in [1.165, 1.54) is 0 Å². The molecule has 0 aliphatic heterocycles. The van der Waals surface area contributed by atoms with E-state index in [1.54, 1.807) is 13.2 Å². The van der Waals surface area contributed by atoms with Gasteiger partial charge in [-0.1, -0.05) is 23.7 Å². The van der Waals surface area contributed by atoms with Gasteiger partial charge in [0, 0.05) is 6.07 Å². The quantitative estimate of drug-likeness (QED) is 0.782. The second-order valence-electron chi connectivity index (χ2n) is 4.92. The van der Waals surface area contributed by atoms with Gasteiger partial charge in [-0.2, -0.15) is 0 Å². The fourth-order valence-corrected chi connectivity index (χ4v) is 2.39. The van der Waals surface area contributed by atoms with Crippen LogP contribution in [-0.2, 0) is 11.4 Å². The van der Waals surface area contributed by atoms with Crippen molar-refractivity contribution >= 4 is 34.8 Å². The molecule has 0 aromatic heterocycles. The van der Waals surface area contributed by atoms with Crippen molar-refractivity contribution in [2.24, 2.45) is 0 Å². The number of amides is 1. The molecule has 4 nitrogen and oxygen atoms in total. The summed E-state index contributed by atoms with van der Waals surface area (Å²) in [5.41, 5.74) is 2.37. The largest absolute Gasteiger partial charge is 0.497 e. The van der Waals surface area contributed by atoms with E-state index in [1.807, 2.05) is 37.3 Å². The zero-order valence-electron chi connectivity index (χ0n) is 12.9. The molecule has 0 atom stereocenters. The van der Waals surface area contributed by atoms with Crippen LogP contribution in [0.5, 0.6) is 11.5 Å². The van der Waals surface area contributed by atoms with Gasteiger partial charge in [0.25, 0.3) is 0 Å². The molecule has 6 heteroatoms. The van der Waals surface area contributed by atoms with E-state index < -0.39 is 0 Å². The third-order valence-corrected chi connectivity index (χ3v) is 3.75. The van der Waals surface area contributed by atoms with Crippen LogP contribution < -0.4 is 14.8 Å². The van der Waals surface area contributed by atoms with Crippen LogP contribution in [0.4, 0.5) is 5.69 Å². The zero-order valence-corrected chi connectivity index (χ0v) is 14.4. The lowest BCUT2D eigenvalue weighted by atomic mass is 10.2. The van der Waals surface area contributed by atoms with Crippen LogP contribution >= 0.6 is 23.2 Å². The Labute approximate surface area is 145 Å². The molecule has 0 heterocycles. The number of methoxy groups -OCH3 is 1. The number of anilines is 1. The number of ether oxygens (including phenoxy) is 2. The number of carbonyl (C=O) groups excluding carboxylic acids is 1. The van der Waals surface area contributed by atoms with Crippen molar-refractivity contribution in [2.75, 3.05) is 18.3 Å². The summed E-state index contributed by atoms with van der Waals surface area (Å²) in [6.07, 6.45) is 0. The highest BCUT2D eigenvalue weighted by molar-refractivity contribution is 6.35. The van der Waals surface area contributed by atoms with Crippen LogP contribution in [0.2, 0.25) is 5.02 Å². The maximum Gasteiger partial charge on any atom is 0.239 e. The number of alkyl halides is 1. The number of halogens is 2. The second-order valence-corrected chi connectivity index (χ2v) is 5.59. The standard InChI is InChI=1S/C17H17Cl2NO3/c1-11-7-14(8-15(19)17(11)20-16(21)9-18)23-10-12-3-5-13(22-2)6-4-12/h3-8H,9-10H2,1-2H3,(H,20,21). The summed E-state index contributed by atoms with van der Waals surface area (Å²) < 4.78 is 10.9. The van der Waals surface area contributed by atoms with E-state index >= 15 is 0 Å². The number of aryl methyl sites for hydroxylation is 1. The van der Waals surface area contributed by atoms with Crippen LogP contribution in [0.1, 0.15) is 11.1 Å². The van der Waals surface area contributed by atoms with Crippen LogP contribution in [0.3, 0.4) is 0 Å².